The van der Waals surface area contributed by atoms with Crippen LogP contribution in [0.1, 0.15) is 53.4 Å². The summed E-state index contributed by atoms with van der Waals surface area (Å²) >= 11 is 0. The van der Waals surface area contributed by atoms with E-state index in [9.17, 15) is 0 Å². The van der Waals surface area contributed by atoms with Crippen molar-refractivity contribution >= 4 is 0 Å². The van der Waals surface area contributed by atoms with Crippen molar-refractivity contribution < 1.29 is 9.47 Å². The van der Waals surface area contributed by atoms with Gasteiger partial charge in [0.1, 0.15) is 0 Å². The minimum atomic E-state index is 0.283. The lowest BCUT2D eigenvalue weighted by Crippen LogP contribution is -2.23. The maximum absolute atomic E-state index is 5.65. The fraction of sp³-hybridized carbons (Fsp3) is 1.00. The summed E-state index contributed by atoms with van der Waals surface area (Å²) in [6.07, 6.45) is 5.68. The van der Waals surface area contributed by atoms with Crippen LogP contribution >= 0.6 is 0 Å². The third-order valence-corrected chi connectivity index (χ3v) is 3.56. The van der Waals surface area contributed by atoms with Gasteiger partial charge in [0.05, 0.1) is 17.3 Å². The topological polar surface area (TPSA) is 21.8 Å². The van der Waals surface area contributed by atoms with Gasteiger partial charge in [-0.2, -0.15) is 0 Å². The molecule has 0 N–H and O–H groups in total. The fourth-order valence-corrected chi connectivity index (χ4v) is 2.03. The summed E-state index contributed by atoms with van der Waals surface area (Å²) in [5, 5.41) is 0. The van der Waals surface area contributed by atoms with Gasteiger partial charge in [-0.1, -0.05) is 12.8 Å². The van der Waals surface area contributed by atoms with E-state index in [1.54, 1.807) is 7.11 Å². The first kappa shape index (κ1) is 12.0. The Kier molecular flexibility index (Phi) is 3.59. The van der Waals surface area contributed by atoms with Gasteiger partial charge >= 0.3 is 0 Å². The molecule has 0 bridgehead atoms. The molecule has 14 heavy (non-hydrogen) atoms. The van der Waals surface area contributed by atoms with Crippen LogP contribution in [0.3, 0.4) is 0 Å². The molecule has 2 nitrogen and oxygen atoms in total. The summed E-state index contributed by atoms with van der Waals surface area (Å²) in [6.45, 7) is 8.48. The normalized spacial score (nSPS) is 39.9. The smallest absolute Gasteiger partial charge is 0.0949 e. The van der Waals surface area contributed by atoms with E-state index in [0.29, 0.717) is 6.10 Å². The zero-order chi connectivity index (χ0) is 10.8. The Morgan fingerprint density at radius 2 is 1.43 bits per heavy atom. The molecule has 2 atom stereocenters. The van der Waals surface area contributed by atoms with E-state index in [4.69, 9.17) is 9.47 Å². The minimum Gasteiger partial charge on any atom is -0.382 e. The van der Waals surface area contributed by atoms with Gasteiger partial charge in [0, 0.05) is 7.11 Å². The highest BCUT2D eigenvalue weighted by molar-refractivity contribution is 5.12. The molecular weight excluding hydrogens is 176 g/mol. The van der Waals surface area contributed by atoms with Crippen molar-refractivity contribution in [3.05, 3.63) is 0 Å². The van der Waals surface area contributed by atoms with E-state index in [0.717, 1.165) is 0 Å². The van der Waals surface area contributed by atoms with Crippen LogP contribution in [0.15, 0.2) is 0 Å². The lowest BCUT2D eigenvalue weighted by molar-refractivity contribution is 0.134. The Hall–Kier alpha value is -0.0800. The number of epoxide rings is 1. The van der Waals surface area contributed by atoms with Crippen molar-refractivity contribution in [2.45, 2.75) is 70.7 Å². The number of methoxy groups -OCH3 is 1. The highest BCUT2D eigenvalue weighted by Crippen LogP contribution is 2.56. The van der Waals surface area contributed by atoms with Crippen LogP contribution in [-0.4, -0.2) is 24.4 Å². The van der Waals surface area contributed by atoms with Crippen LogP contribution in [-0.2, 0) is 9.47 Å². The van der Waals surface area contributed by atoms with Crippen LogP contribution in [0.2, 0.25) is 0 Å². The Bertz CT molecular complexity index is 167. The number of ether oxygens (including phenoxy) is 2. The molecule has 84 valence electrons. The van der Waals surface area contributed by atoms with E-state index >= 15 is 0 Å². The predicted molar refractivity (Wildman–Crippen MR) is 58.5 cm³/mol. The van der Waals surface area contributed by atoms with Crippen LogP contribution in [0, 0.1) is 0 Å². The third-order valence-electron chi connectivity index (χ3n) is 3.56. The second kappa shape index (κ2) is 4.19. The predicted octanol–water partition coefficient (Wildman–Crippen LogP) is 3.15. The number of fused-ring (bicyclic) bond motifs is 1. The van der Waals surface area contributed by atoms with Crippen LogP contribution in [0.5, 0.6) is 0 Å². The second-order valence-electron chi connectivity index (χ2n) is 5.06. The van der Waals surface area contributed by atoms with Crippen molar-refractivity contribution in [2.24, 2.45) is 0 Å². The first-order valence-electron chi connectivity index (χ1n) is 5.66. The van der Waals surface area contributed by atoms with Crippen molar-refractivity contribution in [1.29, 1.82) is 0 Å². The first-order valence-corrected chi connectivity index (χ1v) is 5.66. The van der Waals surface area contributed by atoms with Gasteiger partial charge in [-0.3, -0.25) is 0 Å². The molecule has 2 fully saturated rings. The molecule has 1 aliphatic carbocycles. The largest absolute Gasteiger partial charge is 0.382 e. The molecule has 2 heteroatoms. The summed E-state index contributed by atoms with van der Waals surface area (Å²) in [5.74, 6) is 0. The molecule has 1 saturated carbocycles. The average molecular weight is 200 g/mol. The van der Waals surface area contributed by atoms with Crippen molar-refractivity contribution in [3.63, 3.8) is 0 Å². The van der Waals surface area contributed by atoms with E-state index in [1.165, 1.54) is 25.7 Å². The molecule has 1 aliphatic heterocycles. The maximum Gasteiger partial charge on any atom is 0.0949 e. The van der Waals surface area contributed by atoms with E-state index < -0.39 is 0 Å². The molecule has 0 aromatic heterocycles. The summed E-state index contributed by atoms with van der Waals surface area (Å²) in [5.41, 5.74) is 0.566. The third kappa shape index (κ3) is 2.48. The molecule has 0 aromatic carbocycles. The van der Waals surface area contributed by atoms with Crippen molar-refractivity contribution in [1.82, 2.24) is 0 Å². The molecule has 0 spiro atoms. The zero-order valence-corrected chi connectivity index (χ0v) is 10.2. The van der Waals surface area contributed by atoms with E-state index in [1.807, 2.05) is 13.8 Å². The number of hydrogen-bond acceptors (Lipinski definition) is 2. The van der Waals surface area contributed by atoms with Gasteiger partial charge in [0.15, 0.2) is 0 Å². The number of hydrogen-bond donors (Lipinski definition) is 0. The molecule has 0 aromatic rings. The summed E-state index contributed by atoms with van der Waals surface area (Å²) < 4.78 is 10.4. The quantitative estimate of drug-likeness (QED) is 0.606. The van der Waals surface area contributed by atoms with E-state index in [2.05, 4.69) is 13.8 Å². The second-order valence-corrected chi connectivity index (χ2v) is 5.06. The molecule has 2 rings (SSSR count). The Labute approximate surface area is 88.0 Å². The zero-order valence-electron chi connectivity index (χ0n) is 10.2. The van der Waals surface area contributed by atoms with Gasteiger partial charge in [0.2, 0.25) is 0 Å². The average Bonchev–Trinajstić information content (AvgIpc) is 2.69. The first-order chi connectivity index (χ1) is 6.43. The monoisotopic (exact) mass is 200 g/mol. The lowest BCUT2D eigenvalue weighted by Gasteiger charge is -2.17. The number of rotatable bonds is 1. The van der Waals surface area contributed by atoms with Crippen LogP contribution in [0.25, 0.3) is 0 Å². The van der Waals surface area contributed by atoms with Crippen molar-refractivity contribution in [2.75, 3.05) is 7.11 Å². The molecule has 1 heterocycles. The summed E-state index contributed by atoms with van der Waals surface area (Å²) in [7, 11) is 1.70. The Morgan fingerprint density at radius 1 is 1.07 bits per heavy atom. The SMILES string of the molecule is CC12CCCCC1(C)O2.COC(C)C. The van der Waals surface area contributed by atoms with Gasteiger partial charge in [-0.05, 0) is 40.5 Å². The molecule has 2 unspecified atom stereocenters. The highest BCUT2D eigenvalue weighted by Gasteiger charge is 2.63. The van der Waals surface area contributed by atoms with Crippen LogP contribution < -0.4 is 0 Å². The molecule has 1 saturated heterocycles. The Morgan fingerprint density at radius 3 is 1.64 bits per heavy atom. The standard InChI is InChI=1S/C8H14O.C4H10O/c1-7-5-3-4-6-8(7,2)9-7;1-4(2)5-3/h3-6H2,1-2H3;4H,1-3H3. The van der Waals surface area contributed by atoms with Crippen LogP contribution in [0.4, 0.5) is 0 Å². The highest BCUT2D eigenvalue weighted by atomic mass is 16.6. The van der Waals surface area contributed by atoms with Crippen molar-refractivity contribution in [3.8, 4) is 0 Å². The molecular formula is C12H24O2. The van der Waals surface area contributed by atoms with Gasteiger partial charge in [-0.15, -0.1) is 0 Å². The minimum absolute atomic E-state index is 0.283. The molecule has 2 aliphatic rings. The van der Waals surface area contributed by atoms with E-state index in [-0.39, 0.29) is 11.2 Å². The van der Waals surface area contributed by atoms with Gasteiger partial charge in [0.25, 0.3) is 0 Å². The fourth-order valence-electron chi connectivity index (χ4n) is 2.03. The molecule has 0 amide bonds. The summed E-state index contributed by atoms with van der Waals surface area (Å²) in [6, 6.07) is 0. The summed E-state index contributed by atoms with van der Waals surface area (Å²) in [4.78, 5) is 0. The maximum atomic E-state index is 5.65. The van der Waals surface area contributed by atoms with Gasteiger partial charge in [-0.25, -0.2) is 0 Å². The Balaban J connectivity index is 0.000000171. The molecule has 0 radical (unpaired) electrons. The van der Waals surface area contributed by atoms with Gasteiger partial charge < -0.3 is 9.47 Å². The lowest BCUT2D eigenvalue weighted by atomic mass is 9.82.